The second-order valence-corrected chi connectivity index (χ2v) is 10.7. The summed E-state index contributed by atoms with van der Waals surface area (Å²) in [7, 11) is 0. The number of hydrogen-bond acceptors (Lipinski definition) is 6. The van der Waals surface area contributed by atoms with Crippen molar-refractivity contribution < 1.29 is 13.2 Å². The lowest BCUT2D eigenvalue weighted by Crippen LogP contribution is -2.49. The second kappa shape index (κ2) is 9.54. The number of aromatic amines is 1. The molecule has 0 unspecified atom stereocenters. The molecule has 1 aliphatic rings. The molecule has 4 aromatic rings. The van der Waals surface area contributed by atoms with E-state index >= 15 is 0 Å². The zero-order valence-electron chi connectivity index (χ0n) is 21.8. The molecule has 1 aliphatic heterocycles. The number of halogens is 3. The molecular weight excluding hydrogens is 495 g/mol. The van der Waals surface area contributed by atoms with Gasteiger partial charge in [-0.05, 0) is 79.4 Å². The topological polar surface area (TPSA) is 82.9 Å². The minimum absolute atomic E-state index is 0.225. The van der Waals surface area contributed by atoms with Crippen molar-refractivity contribution in [2.75, 3.05) is 31.1 Å². The van der Waals surface area contributed by atoms with Crippen molar-refractivity contribution in [1.29, 1.82) is 0 Å². The first kappa shape index (κ1) is 25.9. The van der Waals surface area contributed by atoms with E-state index in [1.165, 1.54) is 12.1 Å². The first-order valence-corrected chi connectivity index (χ1v) is 12.5. The lowest BCUT2D eigenvalue weighted by molar-refractivity contribution is -0.137. The molecule has 2 aromatic carbocycles. The van der Waals surface area contributed by atoms with Crippen LogP contribution < -0.4 is 10.5 Å². The molecule has 1 saturated heterocycles. The first-order valence-electron chi connectivity index (χ1n) is 12.5. The fourth-order valence-electron chi connectivity index (χ4n) is 4.99. The monoisotopic (exact) mass is 525 g/mol. The molecular formula is C27H30F3N7O. The van der Waals surface area contributed by atoms with Crippen LogP contribution in [0.3, 0.4) is 0 Å². The summed E-state index contributed by atoms with van der Waals surface area (Å²) in [4.78, 5) is 20.5. The van der Waals surface area contributed by atoms with E-state index in [0.717, 1.165) is 22.5 Å². The van der Waals surface area contributed by atoms with Crippen molar-refractivity contribution in [3.05, 3.63) is 81.4 Å². The van der Waals surface area contributed by atoms with Gasteiger partial charge in [0.15, 0.2) is 5.82 Å². The van der Waals surface area contributed by atoms with E-state index in [-0.39, 0.29) is 5.56 Å². The molecule has 8 nitrogen and oxygen atoms in total. The molecule has 0 aliphatic carbocycles. The van der Waals surface area contributed by atoms with Gasteiger partial charge in [-0.2, -0.15) is 13.2 Å². The highest BCUT2D eigenvalue weighted by molar-refractivity contribution is 5.79. The van der Waals surface area contributed by atoms with E-state index in [0.29, 0.717) is 43.3 Å². The number of benzene rings is 2. The van der Waals surface area contributed by atoms with Gasteiger partial charge in [0.05, 0.1) is 11.1 Å². The maximum absolute atomic E-state index is 13.4. The highest BCUT2D eigenvalue weighted by atomic mass is 19.4. The van der Waals surface area contributed by atoms with E-state index in [1.807, 2.05) is 56.9 Å². The van der Waals surface area contributed by atoms with Crippen LogP contribution in [0, 0.1) is 6.92 Å². The van der Waals surface area contributed by atoms with Crippen LogP contribution in [0.2, 0.25) is 0 Å². The zero-order valence-corrected chi connectivity index (χ0v) is 21.8. The third-order valence-electron chi connectivity index (χ3n) is 6.92. The molecule has 5 rings (SSSR count). The Kier molecular flexibility index (Phi) is 6.50. The summed E-state index contributed by atoms with van der Waals surface area (Å²) < 4.78 is 41.5. The molecule has 1 fully saturated rings. The summed E-state index contributed by atoms with van der Waals surface area (Å²) in [6.45, 7) is 9.91. The Balaban J connectivity index is 1.52. The number of hydrogen-bond donors (Lipinski definition) is 1. The SMILES string of the molecule is Cc1ccc2cc([C@H](c3nnnn3C(C)(C)C)N3CCN(c4cccc(C(F)(F)F)c4)CC3)c(=O)[nH]c2c1. The van der Waals surface area contributed by atoms with Gasteiger partial charge in [0, 0.05) is 42.9 Å². The number of anilines is 1. The van der Waals surface area contributed by atoms with Gasteiger partial charge in [0.25, 0.3) is 5.56 Å². The minimum Gasteiger partial charge on any atom is -0.369 e. The molecule has 1 atom stereocenters. The quantitative estimate of drug-likeness (QED) is 0.422. The van der Waals surface area contributed by atoms with Crippen LogP contribution in [0.4, 0.5) is 18.9 Å². The van der Waals surface area contributed by atoms with Crippen molar-refractivity contribution in [2.24, 2.45) is 0 Å². The molecule has 2 aromatic heterocycles. The average molecular weight is 526 g/mol. The van der Waals surface area contributed by atoms with Crippen LogP contribution in [-0.2, 0) is 11.7 Å². The van der Waals surface area contributed by atoms with Gasteiger partial charge in [0.1, 0.15) is 6.04 Å². The predicted octanol–water partition coefficient (Wildman–Crippen LogP) is 4.51. The van der Waals surface area contributed by atoms with E-state index in [2.05, 4.69) is 25.4 Å². The van der Waals surface area contributed by atoms with Gasteiger partial charge in [-0.25, -0.2) is 4.68 Å². The fraction of sp³-hybridized carbons (Fsp3) is 0.407. The maximum atomic E-state index is 13.4. The number of aromatic nitrogens is 5. The lowest BCUT2D eigenvalue weighted by atomic mass is 10.0. The van der Waals surface area contributed by atoms with Gasteiger partial charge >= 0.3 is 6.18 Å². The summed E-state index contributed by atoms with van der Waals surface area (Å²) in [5.74, 6) is 0.544. The van der Waals surface area contributed by atoms with Gasteiger partial charge in [-0.1, -0.05) is 18.2 Å². The predicted molar refractivity (Wildman–Crippen MR) is 139 cm³/mol. The van der Waals surface area contributed by atoms with Gasteiger partial charge in [0.2, 0.25) is 0 Å². The first-order chi connectivity index (χ1) is 17.9. The third-order valence-corrected chi connectivity index (χ3v) is 6.92. The Labute approximate surface area is 218 Å². The Morgan fingerprint density at radius 3 is 2.39 bits per heavy atom. The largest absolute Gasteiger partial charge is 0.416 e. The number of nitrogens with zero attached hydrogens (tertiary/aromatic N) is 6. The molecule has 0 radical (unpaired) electrons. The second-order valence-electron chi connectivity index (χ2n) is 10.7. The number of alkyl halides is 3. The minimum atomic E-state index is -4.40. The standard InChI is InChI=1S/C27H30F3N7O/c1-17-8-9-18-15-21(25(38)31-22(18)14-17)23(24-32-33-34-37(24)26(2,3)4)36-12-10-35(11-13-36)20-7-5-6-19(16-20)27(28,29)30/h5-9,14-16,23H,10-13H2,1-4H3,(H,31,38)/t23-/m1/s1. The fourth-order valence-corrected chi connectivity index (χ4v) is 4.99. The molecule has 38 heavy (non-hydrogen) atoms. The molecule has 0 bridgehead atoms. The van der Waals surface area contributed by atoms with Crippen molar-refractivity contribution in [2.45, 2.75) is 45.5 Å². The Hall–Kier alpha value is -3.73. The van der Waals surface area contributed by atoms with Crippen LogP contribution in [0.25, 0.3) is 10.9 Å². The van der Waals surface area contributed by atoms with E-state index in [1.54, 1.807) is 10.7 Å². The average Bonchev–Trinajstić information content (AvgIpc) is 3.35. The van der Waals surface area contributed by atoms with E-state index < -0.39 is 23.3 Å². The lowest BCUT2D eigenvalue weighted by Gasteiger charge is -2.40. The summed E-state index contributed by atoms with van der Waals surface area (Å²) in [5.41, 5.74) is 1.51. The number of aryl methyl sites for hydroxylation is 1. The zero-order chi connectivity index (χ0) is 27.2. The van der Waals surface area contributed by atoms with Crippen LogP contribution in [0.1, 0.15) is 49.3 Å². The number of rotatable bonds is 4. The maximum Gasteiger partial charge on any atom is 0.416 e. The Bertz CT molecular complexity index is 1510. The van der Waals surface area contributed by atoms with E-state index in [9.17, 15) is 18.0 Å². The molecule has 11 heteroatoms. The molecule has 200 valence electrons. The third kappa shape index (κ3) is 5.02. The molecule has 0 spiro atoms. The van der Waals surface area contributed by atoms with Crippen LogP contribution in [-0.4, -0.2) is 56.3 Å². The molecule has 0 saturated carbocycles. The van der Waals surface area contributed by atoms with Crippen molar-refractivity contribution >= 4 is 16.6 Å². The number of piperazine rings is 1. The summed E-state index contributed by atoms with van der Waals surface area (Å²) >= 11 is 0. The van der Waals surface area contributed by atoms with Gasteiger partial charge in [-0.15, -0.1) is 5.10 Å². The smallest absolute Gasteiger partial charge is 0.369 e. The summed E-state index contributed by atoms with van der Waals surface area (Å²) in [6.07, 6.45) is -4.40. The molecule has 1 N–H and O–H groups in total. The highest BCUT2D eigenvalue weighted by Crippen LogP contribution is 2.34. The molecule has 3 heterocycles. The van der Waals surface area contributed by atoms with Crippen molar-refractivity contribution in [1.82, 2.24) is 30.1 Å². The number of pyridine rings is 1. The van der Waals surface area contributed by atoms with Crippen LogP contribution in [0.15, 0.2) is 53.3 Å². The molecule has 0 amide bonds. The summed E-state index contributed by atoms with van der Waals surface area (Å²) in [6, 6.07) is 12.6. The number of nitrogens with one attached hydrogen (secondary N) is 1. The number of tetrazole rings is 1. The Morgan fingerprint density at radius 2 is 1.71 bits per heavy atom. The van der Waals surface area contributed by atoms with Crippen LogP contribution in [0.5, 0.6) is 0 Å². The van der Waals surface area contributed by atoms with Gasteiger partial charge in [-0.3, -0.25) is 9.69 Å². The highest BCUT2D eigenvalue weighted by Gasteiger charge is 2.36. The van der Waals surface area contributed by atoms with Crippen LogP contribution >= 0.6 is 0 Å². The Morgan fingerprint density at radius 1 is 0.974 bits per heavy atom. The van der Waals surface area contributed by atoms with E-state index in [4.69, 9.17) is 0 Å². The number of fused-ring (bicyclic) bond motifs is 1. The summed E-state index contributed by atoms with van der Waals surface area (Å²) in [5, 5.41) is 13.4. The van der Waals surface area contributed by atoms with Crippen molar-refractivity contribution in [3.8, 4) is 0 Å². The normalized spacial score (nSPS) is 16.2. The number of H-pyrrole nitrogens is 1. The van der Waals surface area contributed by atoms with Gasteiger partial charge < -0.3 is 9.88 Å². The van der Waals surface area contributed by atoms with Crippen molar-refractivity contribution in [3.63, 3.8) is 0 Å².